The zero-order valence-corrected chi connectivity index (χ0v) is 13.3. The normalized spacial score (nSPS) is 10.5. The Morgan fingerprint density at radius 3 is 2.55 bits per heavy atom. The lowest BCUT2D eigenvalue weighted by Crippen LogP contribution is -2.07. The first-order valence-electron chi connectivity index (χ1n) is 6.18. The van der Waals surface area contributed by atoms with E-state index in [1.807, 2.05) is 0 Å². The van der Waals surface area contributed by atoms with Crippen molar-refractivity contribution in [3.8, 4) is 5.75 Å². The number of aromatic carboxylic acids is 1. The van der Waals surface area contributed by atoms with Crippen molar-refractivity contribution < 1.29 is 19.0 Å². The van der Waals surface area contributed by atoms with Gasteiger partial charge in [0.2, 0.25) is 0 Å². The second kappa shape index (κ2) is 7.18. The fraction of sp³-hybridized carbons (Fsp3) is 0.133. The van der Waals surface area contributed by atoms with Crippen LogP contribution >= 0.6 is 34.8 Å². The lowest BCUT2D eigenvalue weighted by Gasteiger charge is -2.10. The molecule has 0 bridgehead atoms. The number of hydrogen-bond acceptors (Lipinski definition) is 2. The molecule has 0 heterocycles. The number of rotatable bonds is 5. The van der Waals surface area contributed by atoms with Gasteiger partial charge in [0.1, 0.15) is 16.6 Å². The third-order valence-corrected chi connectivity index (χ3v) is 4.21. The molecule has 0 fully saturated rings. The van der Waals surface area contributed by atoms with Gasteiger partial charge >= 0.3 is 5.97 Å². The summed E-state index contributed by atoms with van der Waals surface area (Å²) >= 11 is 17.7. The smallest absolute Gasteiger partial charge is 0.338 e. The van der Waals surface area contributed by atoms with Crippen molar-refractivity contribution in [3.63, 3.8) is 0 Å². The number of benzene rings is 2. The van der Waals surface area contributed by atoms with Crippen LogP contribution in [0.5, 0.6) is 5.75 Å². The topological polar surface area (TPSA) is 46.5 Å². The van der Waals surface area contributed by atoms with E-state index < -0.39 is 11.8 Å². The molecule has 0 spiro atoms. The minimum Gasteiger partial charge on any atom is -0.492 e. The van der Waals surface area contributed by atoms with Crippen molar-refractivity contribution in [2.75, 3.05) is 6.61 Å². The van der Waals surface area contributed by atoms with Crippen molar-refractivity contribution in [3.05, 3.63) is 62.3 Å². The monoisotopic (exact) mass is 362 g/mol. The molecule has 0 saturated heterocycles. The lowest BCUT2D eigenvalue weighted by atomic mass is 10.1. The molecule has 2 aromatic carbocycles. The first-order valence-corrected chi connectivity index (χ1v) is 7.32. The SMILES string of the molecule is O=C(O)c1cccc(CCOc2ccc(Cl)c(Cl)c2Cl)c1F. The molecule has 2 aromatic rings. The summed E-state index contributed by atoms with van der Waals surface area (Å²) in [4.78, 5) is 10.9. The van der Waals surface area contributed by atoms with E-state index in [-0.39, 0.29) is 34.2 Å². The van der Waals surface area contributed by atoms with Crippen molar-refractivity contribution in [1.82, 2.24) is 0 Å². The van der Waals surface area contributed by atoms with Crippen LogP contribution in [-0.4, -0.2) is 17.7 Å². The molecule has 0 amide bonds. The molecule has 0 unspecified atom stereocenters. The molecule has 0 radical (unpaired) electrons. The van der Waals surface area contributed by atoms with E-state index in [1.54, 1.807) is 6.07 Å². The molecule has 1 N–H and O–H groups in total. The number of halogens is 4. The van der Waals surface area contributed by atoms with Crippen LogP contribution < -0.4 is 4.74 Å². The molecule has 0 saturated carbocycles. The number of ether oxygens (including phenoxy) is 1. The summed E-state index contributed by atoms with van der Waals surface area (Å²) in [5.41, 5.74) is -0.124. The highest BCUT2D eigenvalue weighted by atomic mass is 35.5. The average Bonchev–Trinajstić information content (AvgIpc) is 2.48. The Kier molecular flexibility index (Phi) is 5.51. The molecule has 2 rings (SSSR count). The van der Waals surface area contributed by atoms with Crippen LogP contribution in [-0.2, 0) is 6.42 Å². The summed E-state index contributed by atoms with van der Waals surface area (Å²) in [5.74, 6) is -1.75. The lowest BCUT2D eigenvalue weighted by molar-refractivity contribution is 0.0691. The van der Waals surface area contributed by atoms with Crippen molar-refractivity contribution in [2.24, 2.45) is 0 Å². The highest BCUT2D eigenvalue weighted by molar-refractivity contribution is 6.48. The van der Waals surface area contributed by atoms with E-state index >= 15 is 0 Å². The molecule has 116 valence electrons. The largest absolute Gasteiger partial charge is 0.492 e. The predicted molar refractivity (Wildman–Crippen MR) is 84.0 cm³/mol. The Labute approximate surface area is 141 Å². The van der Waals surface area contributed by atoms with Gasteiger partial charge in [-0.1, -0.05) is 46.9 Å². The second-order valence-corrected chi connectivity index (χ2v) is 5.52. The Morgan fingerprint density at radius 1 is 1.14 bits per heavy atom. The zero-order chi connectivity index (χ0) is 16.3. The molecule has 22 heavy (non-hydrogen) atoms. The van der Waals surface area contributed by atoms with E-state index in [4.69, 9.17) is 44.6 Å². The van der Waals surface area contributed by atoms with Gasteiger partial charge in [-0.2, -0.15) is 0 Å². The molecule has 0 aliphatic rings. The fourth-order valence-electron chi connectivity index (χ4n) is 1.83. The maximum Gasteiger partial charge on any atom is 0.338 e. The molecular formula is C15H10Cl3FO3. The molecule has 0 aliphatic carbocycles. The molecular weight excluding hydrogens is 354 g/mol. The van der Waals surface area contributed by atoms with Gasteiger partial charge in [-0.15, -0.1) is 0 Å². The first kappa shape index (κ1) is 16.9. The number of carbonyl (C=O) groups is 1. The van der Waals surface area contributed by atoms with Gasteiger partial charge in [-0.05, 0) is 23.8 Å². The van der Waals surface area contributed by atoms with Gasteiger partial charge in [0, 0.05) is 6.42 Å². The van der Waals surface area contributed by atoms with Crippen molar-refractivity contribution in [2.45, 2.75) is 6.42 Å². The van der Waals surface area contributed by atoms with Gasteiger partial charge in [-0.3, -0.25) is 0 Å². The maximum atomic E-state index is 13.9. The standard InChI is InChI=1S/C15H10Cl3FO3/c16-10-4-5-11(13(18)12(10)17)22-7-6-8-2-1-3-9(14(8)19)15(20)21/h1-5H,6-7H2,(H,20,21). The summed E-state index contributed by atoms with van der Waals surface area (Å²) in [6, 6.07) is 7.28. The predicted octanol–water partition coefficient (Wildman–Crippen LogP) is 5.11. The van der Waals surface area contributed by atoms with E-state index in [0.29, 0.717) is 10.8 Å². The quantitative estimate of drug-likeness (QED) is 0.751. The Balaban J connectivity index is 2.08. The Morgan fingerprint density at radius 2 is 1.86 bits per heavy atom. The molecule has 0 atom stereocenters. The van der Waals surface area contributed by atoms with E-state index in [2.05, 4.69) is 0 Å². The third kappa shape index (κ3) is 3.64. The van der Waals surface area contributed by atoms with Gasteiger partial charge in [0.15, 0.2) is 0 Å². The highest BCUT2D eigenvalue weighted by Gasteiger charge is 2.14. The van der Waals surface area contributed by atoms with Gasteiger partial charge in [0.25, 0.3) is 0 Å². The second-order valence-electron chi connectivity index (χ2n) is 4.36. The van der Waals surface area contributed by atoms with Gasteiger partial charge < -0.3 is 9.84 Å². The molecule has 7 heteroatoms. The maximum absolute atomic E-state index is 13.9. The molecule has 0 aliphatic heterocycles. The van der Waals surface area contributed by atoms with Crippen LogP contribution in [0.25, 0.3) is 0 Å². The minimum absolute atomic E-state index is 0.109. The highest BCUT2D eigenvalue weighted by Crippen LogP contribution is 2.37. The third-order valence-electron chi connectivity index (χ3n) is 2.94. The van der Waals surface area contributed by atoms with Crippen LogP contribution in [0.15, 0.2) is 30.3 Å². The van der Waals surface area contributed by atoms with Gasteiger partial charge in [0.05, 0.1) is 22.2 Å². The van der Waals surface area contributed by atoms with Crippen molar-refractivity contribution >= 4 is 40.8 Å². The summed E-state index contributed by atoms with van der Waals surface area (Å²) in [5, 5.41) is 9.53. The minimum atomic E-state index is -1.31. The van der Waals surface area contributed by atoms with Crippen LogP contribution in [0, 0.1) is 5.82 Å². The Bertz CT molecular complexity index is 719. The number of carboxylic acids is 1. The zero-order valence-electron chi connectivity index (χ0n) is 11.1. The van der Waals surface area contributed by atoms with Gasteiger partial charge in [-0.25, -0.2) is 9.18 Å². The van der Waals surface area contributed by atoms with E-state index in [1.165, 1.54) is 24.3 Å². The molecule has 0 aromatic heterocycles. The summed E-state index contributed by atoms with van der Waals surface area (Å²) in [6.07, 6.45) is 0.184. The fourth-order valence-corrected chi connectivity index (χ4v) is 2.41. The summed E-state index contributed by atoms with van der Waals surface area (Å²) < 4.78 is 19.4. The van der Waals surface area contributed by atoms with Crippen LogP contribution in [0.1, 0.15) is 15.9 Å². The number of carboxylic acid groups (broad SMARTS) is 1. The van der Waals surface area contributed by atoms with Crippen LogP contribution in [0.4, 0.5) is 4.39 Å². The first-order chi connectivity index (χ1) is 10.4. The van der Waals surface area contributed by atoms with Crippen LogP contribution in [0.3, 0.4) is 0 Å². The van der Waals surface area contributed by atoms with Crippen molar-refractivity contribution in [1.29, 1.82) is 0 Å². The van der Waals surface area contributed by atoms with E-state index in [0.717, 1.165) is 0 Å². The number of hydrogen-bond donors (Lipinski definition) is 1. The summed E-state index contributed by atoms with van der Waals surface area (Å²) in [6.45, 7) is 0.109. The van der Waals surface area contributed by atoms with Crippen LogP contribution in [0.2, 0.25) is 15.1 Å². The van der Waals surface area contributed by atoms with E-state index in [9.17, 15) is 9.18 Å². The molecule has 3 nitrogen and oxygen atoms in total. The summed E-state index contributed by atoms with van der Waals surface area (Å²) in [7, 11) is 0. The average molecular weight is 364 g/mol. The Hall–Kier alpha value is -1.49.